The molecule has 1 saturated heterocycles. The third kappa shape index (κ3) is 4.98. The first-order valence-corrected chi connectivity index (χ1v) is 9.36. The summed E-state index contributed by atoms with van der Waals surface area (Å²) in [6.45, 7) is 5.55. The van der Waals surface area contributed by atoms with Crippen LogP contribution >= 0.6 is 0 Å². The number of hydrogen-bond acceptors (Lipinski definition) is 4. The molecule has 0 aliphatic carbocycles. The van der Waals surface area contributed by atoms with Crippen molar-refractivity contribution < 1.29 is 18.7 Å². The standard InChI is InChI=1S/C21H26N2O4/c1-15(2)27-14-17-7-3-6-16(12-17)13-22-20(24)18-8-4-10-23(18)21(25)19-9-5-11-26-19/h3,5-7,9,11-12,15,18H,4,8,10,13-14H2,1-2H3,(H,22,24)/t18-/m0/s1. The lowest BCUT2D eigenvalue weighted by molar-refractivity contribution is -0.125. The van der Waals surface area contributed by atoms with E-state index >= 15 is 0 Å². The summed E-state index contributed by atoms with van der Waals surface area (Å²) in [5, 5.41) is 2.96. The minimum absolute atomic E-state index is 0.128. The first-order valence-electron chi connectivity index (χ1n) is 9.36. The number of hydrogen-bond donors (Lipinski definition) is 1. The lowest BCUT2D eigenvalue weighted by Crippen LogP contribution is -2.45. The average molecular weight is 370 g/mol. The van der Waals surface area contributed by atoms with Crippen LogP contribution in [0.5, 0.6) is 0 Å². The largest absolute Gasteiger partial charge is 0.459 e. The van der Waals surface area contributed by atoms with Crippen LogP contribution in [0.25, 0.3) is 0 Å². The highest BCUT2D eigenvalue weighted by Crippen LogP contribution is 2.21. The van der Waals surface area contributed by atoms with Crippen molar-refractivity contribution in [1.82, 2.24) is 10.2 Å². The molecule has 0 radical (unpaired) electrons. The second kappa shape index (κ2) is 8.86. The summed E-state index contributed by atoms with van der Waals surface area (Å²) in [5.74, 6) is -0.0886. The van der Waals surface area contributed by atoms with Crippen molar-refractivity contribution in [1.29, 1.82) is 0 Å². The normalized spacial score (nSPS) is 16.7. The molecule has 2 amide bonds. The molecule has 1 N–H and O–H groups in total. The van der Waals surface area contributed by atoms with Crippen molar-refractivity contribution >= 4 is 11.8 Å². The van der Waals surface area contributed by atoms with Crippen LogP contribution in [0, 0.1) is 0 Å². The fourth-order valence-corrected chi connectivity index (χ4v) is 3.22. The van der Waals surface area contributed by atoms with Crippen LogP contribution in [0.4, 0.5) is 0 Å². The molecule has 144 valence electrons. The average Bonchev–Trinajstić information content (AvgIpc) is 3.36. The van der Waals surface area contributed by atoms with Crippen molar-refractivity contribution in [2.45, 2.75) is 52.0 Å². The van der Waals surface area contributed by atoms with Gasteiger partial charge in [-0.05, 0) is 49.9 Å². The number of furan rings is 1. The second-order valence-electron chi connectivity index (χ2n) is 7.03. The number of amides is 2. The molecule has 0 bridgehead atoms. The predicted octanol–water partition coefficient (Wildman–Crippen LogP) is 3.13. The van der Waals surface area contributed by atoms with Gasteiger partial charge in [0.2, 0.25) is 5.91 Å². The Morgan fingerprint density at radius 3 is 2.81 bits per heavy atom. The maximum absolute atomic E-state index is 12.6. The second-order valence-corrected chi connectivity index (χ2v) is 7.03. The van der Waals surface area contributed by atoms with Gasteiger partial charge in [-0.25, -0.2) is 0 Å². The molecule has 0 saturated carbocycles. The van der Waals surface area contributed by atoms with E-state index in [1.807, 2.05) is 38.1 Å². The maximum atomic E-state index is 12.6. The van der Waals surface area contributed by atoms with Crippen molar-refractivity contribution in [2.24, 2.45) is 0 Å². The fraction of sp³-hybridized carbons (Fsp3) is 0.429. The Morgan fingerprint density at radius 2 is 2.07 bits per heavy atom. The minimum Gasteiger partial charge on any atom is -0.459 e. The van der Waals surface area contributed by atoms with Gasteiger partial charge in [-0.2, -0.15) is 0 Å². The van der Waals surface area contributed by atoms with Gasteiger partial charge >= 0.3 is 0 Å². The Bertz CT molecular complexity index is 770. The zero-order valence-electron chi connectivity index (χ0n) is 15.8. The lowest BCUT2D eigenvalue weighted by atomic mass is 10.1. The van der Waals surface area contributed by atoms with Gasteiger partial charge in [0.05, 0.1) is 19.0 Å². The van der Waals surface area contributed by atoms with Gasteiger partial charge in [-0.1, -0.05) is 24.3 Å². The third-order valence-electron chi connectivity index (χ3n) is 4.59. The molecule has 1 aliphatic heterocycles. The van der Waals surface area contributed by atoms with Crippen LogP contribution in [-0.2, 0) is 22.7 Å². The van der Waals surface area contributed by atoms with Gasteiger partial charge in [-0.15, -0.1) is 0 Å². The minimum atomic E-state index is -0.449. The van der Waals surface area contributed by atoms with Crippen LogP contribution in [0.2, 0.25) is 0 Å². The molecule has 3 rings (SSSR count). The van der Waals surface area contributed by atoms with Crippen LogP contribution in [0.3, 0.4) is 0 Å². The summed E-state index contributed by atoms with van der Waals surface area (Å²) in [6.07, 6.45) is 3.12. The number of benzene rings is 1. The third-order valence-corrected chi connectivity index (χ3v) is 4.59. The van der Waals surface area contributed by atoms with E-state index in [1.54, 1.807) is 17.0 Å². The zero-order chi connectivity index (χ0) is 19.2. The summed E-state index contributed by atoms with van der Waals surface area (Å²) >= 11 is 0. The summed E-state index contributed by atoms with van der Waals surface area (Å²) in [7, 11) is 0. The van der Waals surface area contributed by atoms with Gasteiger partial charge in [-0.3, -0.25) is 9.59 Å². The van der Waals surface area contributed by atoms with E-state index in [2.05, 4.69) is 5.32 Å². The van der Waals surface area contributed by atoms with E-state index in [4.69, 9.17) is 9.15 Å². The van der Waals surface area contributed by atoms with E-state index in [1.165, 1.54) is 6.26 Å². The lowest BCUT2D eigenvalue weighted by Gasteiger charge is -2.23. The number of likely N-dealkylation sites (tertiary alicyclic amines) is 1. The molecule has 2 heterocycles. The zero-order valence-corrected chi connectivity index (χ0v) is 15.8. The van der Waals surface area contributed by atoms with Crippen molar-refractivity contribution in [3.8, 4) is 0 Å². The van der Waals surface area contributed by atoms with Crippen molar-refractivity contribution in [2.75, 3.05) is 6.54 Å². The number of ether oxygens (including phenoxy) is 1. The Hall–Kier alpha value is -2.60. The molecule has 1 atom stereocenters. The molecule has 6 nitrogen and oxygen atoms in total. The first-order chi connectivity index (χ1) is 13.0. The SMILES string of the molecule is CC(C)OCc1cccc(CNC(=O)[C@@H]2CCCN2C(=O)c2ccco2)c1. The molecule has 0 spiro atoms. The monoisotopic (exact) mass is 370 g/mol. The molecule has 1 aromatic heterocycles. The summed E-state index contributed by atoms with van der Waals surface area (Å²) < 4.78 is 10.8. The number of rotatable bonds is 7. The maximum Gasteiger partial charge on any atom is 0.290 e. The van der Waals surface area contributed by atoms with E-state index in [0.717, 1.165) is 17.5 Å². The highest BCUT2D eigenvalue weighted by Gasteiger charge is 2.35. The van der Waals surface area contributed by atoms with Crippen LogP contribution in [0.1, 0.15) is 48.4 Å². The van der Waals surface area contributed by atoms with E-state index in [9.17, 15) is 9.59 Å². The number of carbonyl (C=O) groups is 2. The van der Waals surface area contributed by atoms with E-state index < -0.39 is 6.04 Å². The van der Waals surface area contributed by atoms with Crippen LogP contribution in [0.15, 0.2) is 47.1 Å². The molecule has 1 aromatic carbocycles. The highest BCUT2D eigenvalue weighted by molar-refractivity contribution is 5.95. The van der Waals surface area contributed by atoms with Crippen LogP contribution < -0.4 is 5.32 Å². The fourth-order valence-electron chi connectivity index (χ4n) is 3.22. The van der Waals surface area contributed by atoms with Crippen molar-refractivity contribution in [3.05, 3.63) is 59.5 Å². The Morgan fingerprint density at radius 1 is 1.26 bits per heavy atom. The summed E-state index contributed by atoms with van der Waals surface area (Å²) in [6, 6.07) is 10.8. The Kier molecular flexibility index (Phi) is 6.29. The molecule has 1 aliphatic rings. The smallest absolute Gasteiger partial charge is 0.290 e. The highest BCUT2D eigenvalue weighted by atomic mass is 16.5. The molecule has 2 aromatic rings. The molecular formula is C21H26N2O4. The van der Waals surface area contributed by atoms with Gasteiger partial charge in [0, 0.05) is 13.1 Å². The van der Waals surface area contributed by atoms with Crippen LogP contribution in [-0.4, -0.2) is 35.4 Å². The molecule has 27 heavy (non-hydrogen) atoms. The summed E-state index contributed by atoms with van der Waals surface area (Å²) in [5.41, 5.74) is 2.08. The quantitative estimate of drug-likeness (QED) is 0.813. The molecule has 6 heteroatoms. The van der Waals surface area contributed by atoms with Gasteiger partial charge in [0.25, 0.3) is 5.91 Å². The molecular weight excluding hydrogens is 344 g/mol. The first kappa shape index (κ1) is 19.2. The summed E-state index contributed by atoms with van der Waals surface area (Å²) in [4.78, 5) is 26.7. The Balaban J connectivity index is 1.57. The molecule has 1 fully saturated rings. The van der Waals surface area contributed by atoms with Gasteiger partial charge < -0.3 is 19.4 Å². The van der Waals surface area contributed by atoms with Crippen molar-refractivity contribution in [3.63, 3.8) is 0 Å². The topological polar surface area (TPSA) is 71.8 Å². The predicted molar refractivity (Wildman–Crippen MR) is 101 cm³/mol. The van der Waals surface area contributed by atoms with E-state index in [-0.39, 0.29) is 23.7 Å². The Labute approximate surface area is 159 Å². The number of nitrogens with zero attached hydrogens (tertiary/aromatic N) is 1. The van der Waals surface area contributed by atoms with Gasteiger partial charge in [0.1, 0.15) is 6.04 Å². The molecule has 0 unspecified atom stereocenters. The number of nitrogens with one attached hydrogen (secondary N) is 1. The van der Waals surface area contributed by atoms with Gasteiger partial charge in [0.15, 0.2) is 5.76 Å². The number of carbonyl (C=O) groups excluding carboxylic acids is 2. The van der Waals surface area contributed by atoms with E-state index in [0.29, 0.717) is 26.1 Å².